The van der Waals surface area contributed by atoms with E-state index in [4.69, 9.17) is 0 Å². The van der Waals surface area contributed by atoms with Crippen LogP contribution in [0.25, 0.3) is 66.1 Å². The van der Waals surface area contributed by atoms with Crippen LogP contribution in [0.4, 0.5) is 17.2 Å². The second-order valence-corrected chi connectivity index (χ2v) is 16.7. The van der Waals surface area contributed by atoms with E-state index < -0.39 is 0 Å². The number of aromatic nitrogens is 3. The van der Waals surface area contributed by atoms with Gasteiger partial charge in [0.05, 0.1) is 22.1 Å². The van der Waals surface area contributed by atoms with Crippen LogP contribution in [0.1, 0.15) is 36.1 Å². The maximum absolute atomic E-state index is 4.65. The Kier molecular flexibility index (Phi) is 8.07. The Balaban J connectivity index is 0.931. The van der Waals surface area contributed by atoms with Crippen molar-refractivity contribution in [3.63, 3.8) is 0 Å². The average Bonchev–Trinajstić information content (AvgIpc) is 3.91. The number of para-hydroxylation sites is 4. The molecule has 1 aliphatic carbocycles. The van der Waals surface area contributed by atoms with Gasteiger partial charge in [-0.1, -0.05) is 111 Å². The molecular formula is C58H40N4. The van der Waals surface area contributed by atoms with Crippen LogP contribution >= 0.6 is 0 Å². The third-order valence-electron chi connectivity index (χ3n) is 12.8. The Morgan fingerprint density at radius 3 is 1.73 bits per heavy atom. The molecule has 0 saturated carbocycles. The molecule has 8 aromatic carbocycles. The van der Waals surface area contributed by atoms with Crippen molar-refractivity contribution in [1.29, 1.82) is 0 Å². The van der Waals surface area contributed by atoms with Gasteiger partial charge in [-0.25, -0.2) is 4.98 Å². The normalized spacial score (nSPS) is 12.7. The van der Waals surface area contributed by atoms with Crippen molar-refractivity contribution < 1.29 is 0 Å². The second kappa shape index (κ2) is 14.0. The summed E-state index contributed by atoms with van der Waals surface area (Å²) >= 11 is 0. The summed E-state index contributed by atoms with van der Waals surface area (Å²) in [6.07, 6.45) is 1.83. The molecule has 0 spiro atoms. The van der Waals surface area contributed by atoms with Gasteiger partial charge >= 0.3 is 0 Å². The number of hydrogen-bond acceptors (Lipinski definition) is 2. The van der Waals surface area contributed by atoms with Crippen molar-refractivity contribution in [2.24, 2.45) is 0 Å². The van der Waals surface area contributed by atoms with Gasteiger partial charge in [-0.2, -0.15) is 0 Å². The van der Waals surface area contributed by atoms with Crippen LogP contribution in [0.5, 0.6) is 0 Å². The minimum Gasteiger partial charge on any atom is -0.309 e. The molecular weight excluding hydrogens is 753 g/mol. The first-order valence-corrected chi connectivity index (χ1v) is 21.2. The Hall–Kier alpha value is -8.13. The number of hydrogen-bond donors (Lipinski definition) is 0. The highest BCUT2D eigenvalue weighted by molar-refractivity contribution is 6.13. The van der Waals surface area contributed by atoms with E-state index in [-0.39, 0.29) is 5.41 Å². The number of anilines is 3. The maximum Gasteiger partial charge on any atom is 0.137 e. The Labute approximate surface area is 360 Å². The van der Waals surface area contributed by atoms with Crippen molar-refractivity contribution in [1.82, 2.24) is 14.1 Å². The number of fused-ring (bicyclic) bond motifs is 9. The fourth-order valence-corrected chi connectivity index (χ4v) is 9.82. The number of nitrogens with zero attached hydrogens (tertiary/aromatic N) is 4. The molecule has 11 aromatic rings. The van der Waals surface area contributed by atoms with Gasteiger partial charge < -0.3 is 9.13 Å². The molecule has 12 rings (SSSR count). The third kappa shape index (κ3) is 5.60. The van der Waals surface area contributed by atoms with E-state index in [9.17, 15) is 0 Å². The predicted octanol–water partition coefficient (Wildman–Crippen LogP) is 14.5. The summed E-state index contributed by atoms with van der Waals surface area (Å²) in [7, 11) is 0. The van der Waals surface area contributed by atoms with Crippen LogP contribution < -0.4 is 4.90 Å². The first-order valence-electron chi connectivity index (χ1n) is 21.2. The highest BCUT2D eigenvalue weighted by Crippen LogP contribution is 2.51. The molecule has 0 fully saturated rings. The summed E-state index contributed by atoms with van der Waals surface area (Å²) in [5.41, 5.74) is 16.2. The van der Waals surface area contributed by atoms with Crippen LogP contribution in [0, 0.1) is 11.8 Å². The van der Waals surface area contributed by atoms with Crippen molar-refractivity contribution in [3.05, 3.63) is 229 Å². The first kappa shape index (κ1) is 35.8. The lowest BCUT2D eigenvalue weighted by Gasteiger charge is -2.24. The van der Waals surface area contributed by atoms with E-state index in [0.717, 1.165) is 39.7 Å². The molecule has 0 N–H and O–H groups in total. The molecule has 62 heavy (non-hydrogen) atoms. The van der Waals surface area contributed by atoms with E-state index in [0.29, 0.717) is 0 Å². The van der Waals surface area contributed by atoms with Gasteiger partial charge in [0, 0.05) is 67.0 Å². The monoisotopic (exact) mass is 792 g/mol. The lowest BCUT2D eigenvalue weighted by molar-refractivity contribution is 0.661. The minimum atomic E-state index is -0.202. The van der Waals surface area contributed by atoms with E-state index in [1.165, 1.54) is 65.9 Å². The quantitative estimate of drug-likeness (QED) is 0.162. The smallest absolute Gasteiger partial charge is 0.137 e. The number of benzene rings is 8. The van der Waals surface area contributed by atoms with Crippen LogP contribution in [0.15, 0.2) is 206 Å². The molecule has 0 aliphatic heterocycles. The molecule has 0 saturated heterocycles. The summed E-state index contributed by atoms with van der Waals surface area (Å²) < 4.78 is 4.84. The van der Waals surface area contributed by atoms with Gasteiger partial charge in [0.2, 0.25) is 0 Å². The molecule has 3 heterocycles. The molecule has 4 heteroatoms. The highest BCUT2D eigenvalue weighted by Gasteiger charge is 2.36. The molecule has 1 aliphatic rings. The van der Waals surface area contributed by atoms with Crippen molar-refractivity contribution in [2.75, 3.05) is 4.90 Å². The van der Waals surface area contributed by atoms with Crippen LogP contribution in [0.2, 0.25) is 0 Å². The Morgan fingerprint density at radius 2 is 1.00 bits per heavy atom. The highest BCUT2D eigenvalue weighted by atomic mass is 15.2. The zero-order chi connectivity index (χ0) is 41.4. The van der Waals surface area contributed by atoms with Gasteiger partial charge in [-0.3, -0.25) is 4.90 Å². The molecule has 0 atom stereocenters. The molecule has 0 unspecified atom stereocenters. The number of pyridine rings is 1. The van der Waals surface area contributed by atoms with Gasteiger partial charge in [0.15, 0.2) is 0 Å². The van der Waals surface area contributed by atoms with E-state index in [1.54, 1.807) is 0 Å². The molecule has 0 amide bonds. The van der Waals surface area contributed by atoms with Crippen LogP contribution in [0.3, 0.4) is 0 Å². The summed E-state index contributed by atoms with van der Waals surface area (Å²) in [6, 6.07) is 71.7. The Bertz CT molecular complexity index is 3550. The Morgan fingerprint density at radius 1 is 0.419 bits per heavy atom. The van der Waals surface area contributed by atoms with Crippen molar-refractivity contribution >= 4 is 60.8 Å². The van der Waals surface area contributed by atoms with Crippen LogP contribution in [-0.2, 0) is 5.41 Å². The van der Waals surface area contributed by atoms with E-state index in [2.05, 4.69) is 221 Å². The summed E-state index contributed by atoms with van der Waals surface area (Å²) in [5.74, 6) is 7.83. The molecule has 0 radical (unpaired) electrons. The molecule has 3 aromatic heterocycles. The average molecular weight is 793 g/mol. The van der Waals surface area contributed by atoms with E-state index in [1.807, 2.05) is 30.5 Å². The van der Waals surface area contributed by atoms with E-state index >= 15 is 0 Å². The molecule has 0 bridgehead atoms. The standard InChI is InChI=1S/C58H40N4/c1-58(2)51-35-40(25-24-39-26-29-43(30-27-39)60(41-15-5-3-6-16-41)57-23-13-14-34-59-57)28-32-45(51)48-38-56-50(37-52(48)58)47-20-10-12-22-54(47)62(56)44-31-33-55-49(36-44)46-19-9-11-21-53(46)61(55)42-17-7-4-8-18-42/h3-23,26-38H,1-2H3. The molecule has 4 nitrogen and oxygen atoms in total. The fourth-order valence-electron chi connectivity index (χ4n) is 9.82. The van der Waals surface area contributed by atoms with Gasteiger partial charge in [0.1, 0.15) is 5.82 Å². The summed E-state index contributed by atoms with van der Waals surface area (Å²) in [6.45, 7) is 4.71. The lowest BCUT2D eigenvalue weighted by Crippen LogP contribution is -2.15. The lowest BCUT2D eigenvalue weighted by atomic mass is 9.81. The van der Waals surface area contributed by atoms with Gasteiger partial charge in [-0.15, -0.1) is 0 Å². The number of rotatable bonds is 5. The second-order valence-electron chi connectivity index (χ2n) is 16.7. The largest absolute Gasteiger partial charge is 0.309 e. The van der Waals surface area contributed by atoms with Crippen LogP contribution in [-0.4, -0.2) is 14.1 Å². The first-order chi connectivity index (χ1) is 30.5. The zero-order valence-corrected chi connectivity index (χ0v) is 34.4. The topological polar surface area (TPSA) is 26.0 Å². The summed E-state index contributed by atoms with van der Waals surface area (Å²) in [5, 5.41) is 5.01. The third-order valence-corrected chi connectivity index (χ3v) is 12.8. The zero-order valence-electron chi connectivity index (χ0n) is 34.4. The SMILES string of the molecule is CC1(C)c2cc(C#Cc3ccc(N(c4ccccc4)c4ccccn4)cc3)ccc2-c2cc3c(cc21)c1ccccc1n3-c1ccc2c(c1)c1ccccc1n2-c1ccccc1. The van der Waals surface area contributed by atoms with Crippen molar-refractivity contribution in [2.45, 2.75) is 19.3 Å². The summed E-state index contributed by atoms with van der Waals surface area (Å²) in [4.78, 5) is 6.82. The fraction of sp³-hybridized carbons (Fsp3) is 0.0517. The van der Waals surface area contributed by atoms with Crippen molar-refractivity contribution in [3.8, 4) is 34.3 Å². The van der Waals surface area contributed by atoms with Gasteiger partial charge in [0.25, 0.3) is 0 Å². The molecule has 292 valence electrons. The predicted molar refractivity (Wildman–Crippen MR) is 258 cm³/mol. The maximum atomic E-state index is 4.65. The minimum absolute atomic E-state index is 0.202. The van der Waals surface area contributed by atoms with Gasteiger partial charge in [-0.05, 0) is 138 Å².